The second-order valence-corrected chi connectivity index (χ2v) is 6.33. The van der Waals surface area contributed by atoms with Gasteiger partial charge in [-0.05, 0) is 24.8 Å². The molecule has 0 saturated heterocycles. The summed E-state index contributed by atoms with van der Waals surface area (Å²) in [5.41, 5.74) is -0.741. The predicted molar refractivity (Wildman–Crippen MR) is 89.3 cm³/mol. The summed E-state index contributed by atoms with van der Waals surface area (Å²) in [6.07, 6.45) is 0. The number of anilines is 1. The van der Waals surface area contributed by atoms with E-state index in [9.17, 15) is 29.8 Å². The monoisotopic (exact) mass is 383 g/mol. The molecule has 0 fully saturated rings. The fourth-order valence-corrected chi connectivity index (χ4v) is 3.10. The smallest absolute Gasteiger partial charge is 0.465 e. The standard InChI is InChI=1S/C13H13N5O7S/c1-6-4-8(13(20)25-3)12(26-6)14-9(19)5-16-7(2)10(17(21)22)11(15-16)18(23)24/h4H,5H2,1-3H3,(H,14,19). The molecule has 0 aliphatic rings. The highest BCUT2D eigenvalue weighted by molar-refractivity contribution is 7.16. The van der Waals surface area contributed by atoms with E-state index in [2.05, 4.69) is 15.2 Å². The number of carbonyl (C=O) groups is 2. The van der Waals surface area contributed by atoms with Crippen LogP contribution in [0.3, 0.4) is 0 Å². The van der Waals surface area contributed by atoms with E-state index in [0.29, 0.717) is 0 Å². The molecular weight excluding hydrogens is 370 g/mol. The molecule has 0 radical (unpaired) electrons. The first kappa shape index (κ1) is 19.0. The minimum atomic E-state index is -0.989. The largest absolute Gasteiger partial charge is 0.468 e. The van der Waals surface area contributed by atoms with Crippen molar-refractivity contribution in [3.63, 3.8) is 0 Å². The summed E-state index contributed by atoms with van der Waals surface area (Å²) in [7, 11) is 1.20. The number of hydrogen-bond acceptors (Lipinski definition) is 9. The second-order valence-electron chi connectivity index (χ2n) is 5.07. The van der Waals surface area contributed by atoms with Crippen molar-refractivity contribution in [2.24, 2.45) is 0 Å². The van der Waals surface area contributed by atoms with Crippen molar-refractivity contribution in [2.75, 3.05) is 12.4 Å². The summed E-state index contributed by atoms with van der Waals surface area (Å²) in [5, 5.41) is 28.1. The summed E-state index contributed by atoms with van der Waals surface area (Å²) in [5.74, 6) is -2.24. The number of nitro groups is 2. The number of hydrogen-bond donors (Lipinski definition) is 1. The number of rotatable bonds is 6. The number of esters is 1. The average Bonchev–Trinajstić information content (AvgIpc) is 3.07. The quantitative estimate of drug-likeness (QED) is 0.449. The molecule has 1 N–H and O–H groups in total. The van der Waals surface area contributed by atoms with Crippen LogP contribution in [0.25, 0.3) is 0 Å². The van der Waals surface area contributed by atoms with Crippen LogP contribution >= 0.6 is 11.3 Å². The summed E-state index contributed by atoms with van der Waals surface area (Å²) >= 11 is 1.14. The van der Waals surface area contributed by atoms with E-state index in [4.69, 9.17) is 0 Å². The number of thiophene rings is 1. The molecule has 0 saturated carbocycles. The van der Waals surface area contributed by atoms with Crippen LogP contribution < -0.4 is 5.32 Å². The van der Waals surface area contributed by atoms with Crippen LogP contribution in [0, 0.1) is 34.1 Å². The first-order chi connectivity index (χ1) is 12.1. The number of amides is 1. The van der Waals surface area contributed by atoms with E-state index in [-0.39, 0.29) is 16.3 Å². The van der Waals surface area contributed by atoms with Crippen molar-refractivity contribution in [1.82, 2.24) is 9.78 Å². The zero-order chi connectivity index (χ0) is 19.6. The lowest BCUT2D eigenvalue weighted by Gasteiger charge is -2.04. The Balaban J connectivity index is 2.27. The predicted octanol–water partition coefficient (Wildman–Crippen LogP) is 1.80. The molecule has 1 amide bonds. The van der Waals surface area contributed by atoms with E-state index >= 15 is 0 Å². The molecule has 2 rings (SSSR count). The Morgan fingerprint density at radius 1 is 1.31 bits per heavy atom. The molecule has 0 spiro atoms. The van der Waals surface area contributed by atoms with E-state index in [1.807, 2.05) is 0 Å². The van der Waals surface area contributed by atoms with Gasteiger partial charge in [0.15, 0.2) is 0 Å². The van der Waals surface area contributed by atoms with Gasteiger partial charge in [-0.15, -0.1) is 11.3 Å². The maximum Gasteiger partial charge on any atom is 0.468 e. The normalized spacial score (nSPS) is 10.4. The molecule has 0 aliphatic carbocycles. The Hall–Kier alpha value is -3.35. The topological polar surface area (TPSA) is 160 Å². The molecule has 12 nitrogen and oxygen atoms in total. The highest BCUT2D eigenvalue weighted by Gasteiger charge is 2.35. The lowest BCUT2D eigenvalue weighted by molar-refractivity contribution is -0.424. The second kappa shape index (κ2) is 7.26. The molecule has 0 atom stereocenters. The molecule has 0 aromatic carbocycles. The fraction of sp³-hybridized carbons (Fsp3) is 0.308. The number of methoxy groups -OCH3 is 1. The van der Waals surface area contributed by atoms with E-state index in [0.717, 1.165) is 20.9 Å². The van der Waals surface area contributed by atoms with Crippen LogP contribution in [-0.4, -0.2) is 38.6 Å². The van der Waals surface area contributed by atoms with Crippen LogP contribution in [0.1, 0.15) is 20.9 Å². The fourth-order valence-electron chi connectivity index (χ4n) is 2.18. The third kappa shape index (κ3) is 3.66. The molecule has 2 heterocycles. The Kier molecular flexibility index (Phi) is 5.30. The van der Waals surface area contributed by atoms with E-state index in [1.165, 1.54) is 14.0 Å². The van der Waals surface area contributed by atoms with Crippen molar-refractivity contribution < 1.29 is 24.2 Å². The minimum Gasteiger partial charge on any atom is -0.465 e. The molecule has 0 unspecified atom stereocenters. The third-order valence-corrected chi connectivity index (χ3v) is 4.29. The number of nitrogens with zero attached hydrogens (tertiary/aromatic N) is 4. The van der Waals surface area contributed by atoms with Gasteiger partial charge in [0.05, 0.1) is 22.7 Å². The van der Waals surface area contributed by atoms with E-state index in [1.54, 1.807) is 13.0 Å². The number of nitrogens with one attached hydrogen (secondary N) is 1. The molecule has 2 aromatic rings. The highest BCUT2D eigenvalue weighted by atomic mass is 32.1. The third-order valence-electron chi connectivity index (χ3n) is 3.32. The molecule has 2 aromatic heterocycles. The summed E-state index contributed by atoms with van der Waals surface area (Å²) in [6, 6.07) is 1.54. The highest BCUT2D eigenvalue weighted by Crippen LogP contribution is 2.30. The molecule has 26 heavy (non-hydrogen) atoms. The van der Waals surface area contributed by atoms with Crippen LogP contribution in [-0.2, 0) is 16.1 Å². The van der Waals surface area contributed by atoms with Gasteiger partial charge in [-0.25, -0.2) is 4.79 Å². The van der Waals surface area contributed by atoms with Crippen molar-refractivity contribution in [1.29, 1.82) is 0 Å². The SMILES string of the molecule is COC(=O)c1cc(C)sc1NC(=O)Cn1nc([N+](=O)[O-])c([N+](=O)[O-])c1C. The number of aromatic nitrogens is 2. The van der Waals surface area contributed by atoms with Gasteiger partial charge in [0, 0.05) is 4.88 Å². The van der Waals surface area contributed by atoms with Gasteiger partial charge in [0.25, 0.3) is 0 Å². The van der Waals surface area contributed by atoms with Gasteiger partial charge in [0.2, 0.25) is 5.91 Å². The summed E-state index contributed by atoms with van der Waals surface area (Å²) in [4.78, 5) is 44.6. The first-order valence-electron chi connectivity index (χ1n) is 7.00. The Morgan fingerprint density at radius 2 is 1.96 bits per heavy atom. The Morgan fingerprint density at radius 3 is 2.46 bits per heavy atom. The van der Waals surface area contributed by atoms with Gasteiger partial charge >= 0.3 is 17.5 Å². The van der Waals surface area contributed by atoms with Crippen molar-refractivity contribution in [2.45, 2.75) is 20.4 Å². The molecule has 0 aliphatic heterocycles. The van der Waals surface area contributed by atoms with Crippen molar-refractivity contribution in [3.8, 4) is 0 Å². The Labute approximate surface area is 149 Å². The number of ether oxygens (including phenoxy) is 1. The summed E-state index contributed by atoms with van der Waals surface area (Å²) < 4.78 is 5.49. The van der Waals surface area contributed by atoms with Crippen LogP contribution in [0.2, 0.25) is 0 Å². The van der Waals surface area contributed by atoms with Crippen LogP contribution in [0.15, 0.2) is 6.07 Å². The zero-order valence-corrected chi connectivity index (χ0v) is 14.7. The number of carbonyl (C=O) groups excluding carboxylic acids is 2. The van der Waals surface area contributed by atoms with Gasteiger partial charge in [-0.1, -0.05) is 0 Å². The maximum absolute atomic E-state index is 12.2. The first-order valence-corrected chi connectivity index (χ1v) is 7.82. The Bertz CT molecular complexity index is 916. The van der Waals surface area contributed by atoms with Gasteiger partial charge in [0.1, 0.15) is 17.2 Å². The van der Waals surface area contributed by atoms with Crippen LogP contribution in [0.4, 0.5) is 16.5 Å². The van der Waals surface area contributed by atoms with Crippen LogP contribution in [0.5, 0.6) is 0 Å². The molecule has 13 heteroatoms. The molecule has 138 valence electrons. The summed E-state index contributed by atoms with van der Waals surface area (Å²) in [6.45, 7) is 2.48. The van der Waals surface area contributed by atoms with E-state index < -0.39 is 39.8 Å². The molecular formula is C13H13N5O7S. The van der Waals surface area contributed by atoms with Gasteiger partial charge in [-0.3, -0.25) is 14.9 Å². The lowest BCUT2D eigenvalue weighted by Crippen LogP contribution is -2.21. The molecule has 0 bridgehead atoms. The average molecular weight is 383 g/mol. The van der Waals surface area contributed by atoms with Crippen molar-refractivity contribution >= 4 is 39.7 Å². The minimum absolute atomic E-state index is 0.132. The van der Waals surface area contributed by atoms with Crippen molar-refractivity contribution in [3.05, 3.63) is 42.4 Å². The van der Waals surface area contributed by atoms with Gasteiger partial charge < -0.3 is 20.2 Å². The van der Waals surface area contributed by atoms with Gasteiger partial charge in [-0.2, -0.15) is 4.68 Å². The number of aryl methyl sites for hydroxylation is 1. The lowest BCUT2D eigenvalue weighted by atomic mass is 10.3. The maximum atomic E-state index is 12.2. The zero-order valence-electron chi connectivity index (χ0n) is 13.8.